The van der Waals surface area contributed by atoms with Gasteiger partial charge in [0.25, 0.3) is 0 Å². The van der Waals surface area contributed by atoms with Crippen molar-refractivity contribution in [2.24, 2.45) is 11.7 Å². The van der Waals surface area contributed by atoms with Gasteiger partial charge in [0.05, 0.1) is 3.79 Å². The topological polar surface area (TPSA) is 26.0 Å². The van der Waals surface area contributed by atoms with Crippen LogP contribution in [0, 0.1) is 5.92 Å². The fraction of sp³-hybridized carbons (Fsp3) is 0.636. The molecule has 1 aromatic rings. The highest BCUT2D eigenvalue weighted by molar-refractivity contribution is 9.13. The van der Waals surface area contributed by atoms with E-state index in [9.17, 15) is 0 Å². The van der Waals surface area contributed by atoms with Crippen LogP contribution in [0.25, 0.3) is 0 Å². The molecule has 2 N–H and O–H groups in total. The lowest BCUT2D eigenvalue weighted by Crippen LogP contribution is -2.22. The van der Waals surface area contributed by atoms with Crippen molar-refractivity contribution in [3.8, 4) is 0 Å². The van der Waals surface area contributed by atoms with E-state index < -0.39 is 0 Å². The maximum Gasteiger partial charge on any atom is 0.0843 e. The van der Waals surface area contributed by atoms with Gasteiger partial charge in [0.15, 0.2) is 0 Å². The molecule has 1 nitrogen and oxygen atoms in total. The molecule has 0 radical (unpaired) electrons. The maximum absolute atomic E-state index is 6.32. The van der Waals surface area contributed by atoms with Gasteiger partial charge in [-0.1, -0.05) is 19.3 Å². The molecule has 2 rings (SSSR count). The van der Waals surface area contributed by atoms with Crippen LogP contribution in [0.4, 0.5) is 0 Å². The van der Waals surface area contributed by atoms with Crippen LogP contribution in [0.5, 0.6) is 0 Å². The van der Waals surface area contributed by atoms with Crippen LogP contribution in [0.2, 0.25) is 0 Å². The standard InChI is InChI=1S/C11H15Br2NS/c12-8-6-9(15-11(8)13)10(14)7-4-2-1-3-5-7/h6-7,10H,1-5,14H2. The minimum Gasteiger partial charge on any atom is -0.323 e. The zero-order valence-corrected chi connectivity index (χ0v) is 12.5. The number of rotatable bonds is 2. The first-order valence-electron chi connectivity index (χ1n) is 5.39. The largest absolute Gasteiger partial charge is 0.323 e. The molecule has 0 aliphatic heterocycles. The summed E-state index contributed by atoms with van der Waals surface area (Å²) in [7, 11) is 0. The second kappa shape index (κ2) is 5.30. The Kier molecular flexibility index (Phi) is 4.27. The van der Waals surface area contributed by atoms with Crippen LogP contribution in [0.1, 0.15) is 43.0 Å². The van der Waals surface area contributed by atoms with Gasteiger partial charge < -0.3 is 5.73 Å². The molecule has 1 aliphatic carbocycles. The van der Waals surface area contributed by atoms with Crippen LogP contribution in [-0.4, -0.2) is 0 Å². The highest BCUT2D eigenvalue weighted by atomic mass is 79.9. The van der Waals surface area contributed by atoms with Gasteiger partial charge in [0, 0.05) is 15.4 Å². The zero-order valence-electron chi connectivity index (χ0n) is 8.51. The molecular weight excluding hydrogens is 338 g/mol. The summed E-state index contributed by atoms with van der Waals surface area (Å²) in [6, 6.07) is 2.39. The monoisotopic (exact) mass is 351 g/mol. The third-order valence-corrected chi connectivity index (χ3v) is 6.51. The Labute approximate surface area is 112 Å². The van der Waals surface area contributed by atoms with E-state index in [0.29, 0.717) is 5.92 Å². The lowest BCUT2D eigenvalue weighted by molar-refractivity contribution is 0.310. The molecule has 1 aromatic heterocycles. The quantitative estimate of drug-likeness (QED) is 0.808. The van der Waals surface area contributed by atoms with E-state index in [0.717, 1.165) is 8.26 Å². The van der Waals surface area contributed by atoms with Crippen molar-refractivity contribution in [1.82, 2.24) is 0 Å². The molecule has 1 heterocycles. The first-order valence-corrected chi connectivity index (χ1v) is 7.79. The summed E-state index contributed by atoms with van der Waals surface area (Å²) in [5.41, 5.74) is 6.32. The van der Waals surface area contributed by atoms with E-state index in [2.05, 4.69) is 37.9 Å². The summed E-state index contributed by atoms with van der Waals surface area (Å²) in [6.07, 6.45) is 6.70. The molecule has 0 amide bonds. The zero-order chi connectivity index (χ0) is 10.8. The fourth-order valence-electron chi connectivity index (χ4n) is 2.25. The molecule has 0 spiro atoms. The minimum atomic E-state index is 0.234. The summed E-state index contributed by atoms with van der Waals surface area (Å²) in [5.74, 6) is 0.691. The van der Waals surface area contributed by atoms with E-state index in [1.807, 2.05) is 0 Å². The van der Waals surface area contributed by atoms with Gasteiger partial charge in [-0.2, -0.15) is 0 Å². The highest BCUT2D eigenvalue weighted by Crippen LogP contribution is 2.40. The van der Waals surface area contributed by atoms with E-state index in [1.165, 1.54) is 37.0 Å². The van der Waals surface area contributed by atoms with Gasteiger partial charge >= 0.3 is 0 Å². The first kappa shape index (κ1) is 12.1. The first-order chi connectivity index (χ1) is 7.18. The van der Waals surface area contributed by atoms with E-state index in [4.69, 9.17) is 5.73 Å². The normalized spacial score (nSPS) is 20.5. The van der Waals surface area contributed by atoms with E-state index >= 15 is 0 Å². The maximum atomic E-state index is 6.32. The van der Waals surface area contributed by atoms with Crippen molar-refractivity contribution in [2.45, 2.75) is 38.1 Å². The Hall–Kier alpha value is 0.620. The molecule has 15 heavy (non-hydrogen) atoms. The number of hydrogen-bond acceptors (Lipinski definition) is 2. The summed E-state index contributed by atoms with van der Waals surface area (Å²) >= 11 is 8.80. The fourth-order valence-corrected chi connectivity index (χ4v) is 4.44. The predicted molar refractivity (Wildman–Crippen MR) is 73.2 cm³/mol. The van der Waals surface area contributed by atoms with Crippen LogP contribution in [0.15, 0.2) is 14.3 Å². The van der Waals surface area contributed by atoms with Gasteiger partial charge in [-0.3, -0.25) is 0 Å². The number of nitrogens with two attached hydrogens (primary N) is 1. The number of thiophene rings is 1. The summed E-state index contributed by atoms with van der Waals surface area (Å²) in [5, 5.41) is 0. The van der Waals surface area contributed by atoms with Gasteiger partial charge in [-0.15, -0.1) is 11.3 Å². The van der Waals surface area contributed by atoms with E-state index in [-0.39, 0.29) is 6.04 Å². The summed E-state index contributed by atoms with van der Waals surface area (Å²) in [4.78, 5) is 1.31. The van der Waals surface area contributed by atoms with Crippen LogP contribution in [0.3, 0.4) is 0 Å². The van der Waals surface area contributed by atoms with Gasteiger partial charge in [-0.25, -0.2) is 0 Å². The molecular formula is C11H15Br2NS. The minimum absolute atomic E-state index is 0.234. The van der Waals surface area contributed by atoms with E-state index in [1.54, 1.807) is 11.3 Å². The average molecular weight is 353 g/mol. The lowest BCUT2D eigenvalue weighted by atomic mass is 9.84. The second-order valence-corrected chi connectivity index (χ2v) is 7.45. The van der Waals surface area contributed by atoms with Crippen molar-refractivity contribution in [3.05, 3.63) is 19.2 Å². The Morgan fingerprint density at radius 1 is 1.27 bits per heavy atom. The predicted octanol–water partition coefficient (Wildman–Crippen LogP) is 4.85. The molecule has 1 atom stereocenters. The molecule has 4 heteroatoms. The number of halogens is 2. The molecule has 0 saturated heterocycles. The van der Waals surface area contributed by atoms with Crippen molar-refractivity contribution in [2.75, 3.05) is 0 Å². The molecule has 1 saturated carbocycles. The Morgan fingerprint density at radius 2 is 1.93 bits per heavy atom. The van der Waals surface area contributed by atoms with Crippen molar-refractivity contribution in [1.29, 1.82) is 0 Å². The molecule has 84 valence electrons. The summed E-state index contributed by atoms with van der Waals surface area (Å²) in [6.45, 7) is 0. The molecule has 1 aliphatic rings. The smallest absolute Gasteiger partial charge is 0.0843 e. The van der Waals surface area contributed by atoms with Crippen molar-refractivity contribution < 1.29 is 0 Å². The Balaban J connectivity index is 2.08. The van der Waals surface area contributed by atoms with Gasteiger partial charge in [0.2, 0.25) is 0 Å². The van der Waals surface area contributed by atoms with Crippen molar-refractivity contribution in [3.63, 3.8) is 0 Å². The van der Waals surface area contributed by atoms with Crippen LogP contribution in [-0.2, 0) is 0 Å². The Morgan fingerprint density at radius 3 is 2.47 bits per heavy atom. The third-order valence-electron chi connectivity index (χ3n) is 3.15. The second-order valence-electron chi connectivity index (χ2n) is 4.19. The van der Waals surface area contributed by atoms with Crippen molar-refractivity contribution >= 4 is 43.2 Å². The molecule has 0 bridgehead atoms. The molecule has 1 fully saturated rings. The highest BCUT2D eigenvalue weighted by Gasteiger charge is 2.23. The average Bonchev–Trinajstić information content (AvgIpc) is 2.59. The Bertz CT molecular complexity index is 312. The van der Waals surface area contributed by atoms with Crippen LogP contribution < -0.4 is 5.73 Å². The molecule has 0 aromatic carbocycles. The van der Waals surface area contributed by atoms with Crippen LogP contribution >= 0.6 is 43.2 Å². The molecule has 1 unspecified atom stereocenters. The SMILES string of the molecule is NC(c1cc(Br)c(Br)s1)C1CCCCC1. The summed E-state index contributed by atoms with van der Waals surface area (Å²) < 4.78 is 2.29. The van der Waals surface area contributed by atoms with Gasteiger partial charge in [0.1, 0.15) is 0 Å². The lowest BCUT2D eigenvalue weighted by Gasteiger charge is -2.26. The number of hydrogen-bond donors (Lipinski definition) is 1. The third kappa shape index (κ3) is 2.84. The van der Waals surface area contributed by atoms with Gasteiger partial charge in [-0.05, 0) is 56.7 Å².